The van der Waals surface area contributed by atoms with Crippen molar-refractivity contribution in [2.75, 3.05) is 7.11 Å². The number of thiazole rings is 1. The minimum atomic E-state index is -4.03. The first-order valence-electron chi connectivity index (χ1n) is 7.75. The molecule has 3 rings (SSSR count). The molecule has 9 heteroatoms. The van der Waals surface area contributed by atoms with Crippen molar-refractivity contribution in [1.82, 2.24) is 4.57 Å². The number of benzene rings is 2. The zero-order valence-corrected chi connectivity index (χ0v) is 15.9. The van der Waals surface area contributed by atoms with Crippen LogP contribution in [-0.4, -0.2) is 26.1 Å². The lowest BCUT2D eigenvalue weighted by atomic mass is 10.2. The molecule has 2 aromatic carbocycles. The minimum absolute atomic E-state index is 0.109. The van der Waals surface area contributed by atoms with Crippen LogP contribution >= 0.6 is 11.3 Å². The van der Waals surface area contributed by atoms with Gasteiger partial charge in [0.1, 0.15) is 5.82 Å². The van der Waals surface area contributed by atoms with Gasteiger partial charge in [0.05, 0.1) is 27.8 Å². The fraction of sp³-hybridized carbons (Fsp3) is 0.111. The number of methoxy groups -OCH3 is 1. The molecule has 0 aliphatic carbocycles. The predicted molar refractivity (Wildman–Crippen MR) is 101 cm³/mol. The van der Waals surface area contributed by atoms with E-state index in [4.69, 9.17) is 4.74 Å². The monoisotopic (exact) mass is 406 g/mol. The molecular formula is C18H15FN2O4S2. The number of rotatable bonds is 5. The fourth-order valence-corrected chi connectivity index (χ4v) is 4.74. The Morgan fingerprint density at radius 3 is 2.63 bits per heavy atom. The van der Waals surface area contributed by atoms with E-state index in [2.05, 4.69) is 11.0 Å². The van der Waals surface area contributed by atoms with Gasteiger partial charge in [-0.25, -0.2) is 9.18 Å². The molecule has 6 nitrogen and oxygen atoms in total. The number of halogens is 1. The third-order valence-corrected chi connectivity index (χ3v) is 6.16. The maximum absolute atomic E-state index is 13.1. The molecule has 0 unspecified atom stereocenters. The molecule has 0 radical (unpaired) electrons. The number of esters is 1. The summed E-state index contributed by atoms with van der Waals surface area (Å²) >= 11 is 1.12. The molecule has 0 bridgehead atoms. The van der Waals surface area contributed by atoms with Crippen molar-refractivity contribution in [2.24, 2.45) is 4.40 Å². The number of nitrogens with zero attached hydrogens (tertiary/aromatic N) is 2. The molecule has 0 fully saturated rings. The Kier molecular flexibility index (Phi) is 5.24. The molecule has 0 spiro atoms. The third-order valence-electron chi connectivity index (χ3n) is 3.73. The molecule has 0 atom stereocenters. The van der Waals surface area contributed by atoms with E-state index in [0.29, 0.717) is 22.3 Å². The van der Waals surface area contributed by atoms with Crippen LogP contribution in [-0.2, 0) is 21.3 Å². The standard InChI is InChI=1S/C18H15FN2O4S2/c1-3-10-21-15-9-4-12(17(22)25-2)11-16(15)26-18(21)20-27(23,24)14-7-5-13(19)6-8-14/h3-9,11H,1,10H2,2H3. The van der Waals surface area contributed by atoms with Crippen LogP contribution in [0.3, 0.4) is 0 Å². The van der Waals surface area contributed by atoms with Gasteiger partial charge in [-0.1, -0.05) is 17.4 Å². The van der Waals surface area contributed by atoms with Gasteiger partial charge in [-0.15, -0.1) is 11.0 Å². The van der Waals surface area contributed by atoms with Gasteiger partial charge in [0.15, 0.2) is 0 Å². The average molecular weight is 406 g/mol. The molecule has 0 saturated carbocycles. The van der Waals surface area contributed by atoms with Crippen molar-refractivity contribution < 1.29 is 22.3 Å². The predicted octanol–water partition coefficient (Wildman–Crippen LogP) is 3.10. The second kappa shape index (κ2) is 7.45. The van der Waals surface area contributed by atoms with E-state index in [9.17, 15) is 17.6 Å². The van der Waals surface area contributed by atoms with Crippen LogP contribution in [0.1, 0.15) is 10.4 Å². The van der Waals surface area contributed by atoms with Gasteiger partial charge in [-0.2, -0.15) is 8.42 Å². The molecule has 0 N–H and O–H groups in total. The molecule has 3 aromatic rings. The highest BCUT2D eigenvalue weighted by Gasteiger charge is 2.16. The molecule has 0 aliphatic rings. The first-order chi connectivity index (χ1) is 12.9. The first-order valence-corrected chi connectivity index (χ1v) is 10.0. The average Bonchev–Trinajstić information content (AvgIpc) is 2.97. The van der Waals surface area contributed by atoms with Crippen LogP contribution in [0.15, 0.2) is 64.4 Å². The topological polar surface area (TPSA) is 77.7 Å². The summed E-state index contributed by atoms with van der Waals surface area (Å²) in [5.41, 5.74) is 1.06. The lowest BCUT2D eigenvalue weighted by Gasteiger charge is -2.03. The number of sulfonamides is 1. The second-order valence-electron chi connectivity index (χ2n) is 5.48. The molecule has 1 heterocycles. The van der Waals surface area contributed by atoms with Gasteiger partial charge in [-0.3, -0.25) is 0 Å². The Hall–Kier alpha value is -2.78. The number of fused-ring (bicyclic) bond motifs is 1. The maximum Gasteiger partial charge on any atom is 0.337 e. The summed E-state index contributed by atoms with van der Waals surface area (Å²) in [4.78, 5) is 11.8. The van der Waals surface area contributed by atoms with Crippen LogP contribution in [0.5, 0.6) is 0 Å². The molecule has 0 saturated heterocycles. The molecule has 27 heavy (non-hydrogen) atoms. The van der Waals surface area contributed by atoms with Gasteiger partial charge in [0, 0.05) is 6.54 Å². The zero-order valence-electron chi connectivity index (χ0n) is 14.3. The van der Waals surface area contributed by atoms with Crippen molar-refractivity contribution in [1.29, 1.82) is 0 Å². The lowest BCUT2D eigenvalue weighted by molar-refractivity contribution is 0.0601. The largest absolute Gasteiger partial charge is 0.465 e. The van der Waals surface area contributed by atoms with Crippen LogP contribution in [0.4, 0.5) is 4.39 Å². The minimum Gasteiger partial charge on any atom is -0.465 e. The lowest BCUT2D eigenvalue weighted by Crippen LogP contribution is -2.16. The fourth-order valence-electron chi connectivity index (χ4n) is 2.46. The Bertz CT molecular complexity index is 1190. The van der Waals surface area contributed by atoms with Crippen molar-refractivity contribution in [2.45, 2.75) is 11.4 Å². The Morgan fingerprint density at radius 1 is 1.30 bits per heavy atom. The van der Waals surface area contributed by atoms with Crippen molar-refractivity contribution in [3.63, 3.8) is 0 Å². The number of allylic oxidation sites excluding steroid dienone is 1. The summed E-state index contributed by atoms with van der Waals surface area (Å²) in [5, 5.41) is 0. The van der Waals surface area contributed by atoms with E-state index in [-0.39, 0.29) is 9.70 Å². The molecule has 0 aliphatic heterocycles. The summed E-state index contributed by atoms with van der Waals surface area (Å²) < 4.78 is 49.2. The van der Waals surface area contributed by atoms with Gasteiger partial charge in [-0.05, 0) is 42.5 Å². The number of carbonyl (C=O) groups excluding carboxylic acids is 1. The number of carbonyl (C=O) groups is 1. The van der Waals surface area contributed by atoms with Crippen LogP contribution in [0.2, 0.25) is 0 Å². The SMILES string of the molecule is C=CCn1c(=NS(=O)(=O)c2ccc(F)cc2)sc2cc(C(=O)OC)ccc21. The summed E-state index contributed by atoms with van der Waals surface area (Å²) in [6.07, 6.45) is 1.61. The molecule has 140 valence electrons. The van der Waals surface area contributed by atoms with Gasteiger partial charge in [0.2, 0.25) is 4.80 Å². The van der Waals surface area contributed by atoms with Gasteiger partial charge >= 0.3 is 5.97 Å². The molecule has 0 amide bonds. The number of hydrogen-bond acceptors (Lipinski definition) is 5. The molecule has 1 aromatic heterocycles. The second-order valence-corrected chi connectivity index (χ2v) is 8.09. The normalized spacial score (nSPS) is 12.3. The van der Waals surface area contributed by atoms with Crippen LogP contribution < -0.4 is 4.80 Å². The number of ether oxygens (including phenoxy) is 1. The van der Waals surface area contributed by atoms with Crippen LogP contribution in [0.25, 0.3) is 10.2 Å². The van der Waals surface area contributed by atoms with Gasteiger partial charge in [0.25, 0.3) is 10.0 Å². The summed E-state index contributed by atoms with van der Waals surface area (Å²) in [6, 6.07) is 9.36. The summed E-state index contributed by atoms with van der Waals surface area (Å²) in [7, 11) is -2.74. The van der Waals surface area contributed by atoms with E-state index < -0.39 is 21.8 Å². The van der Waals surface area contributed by atoms with E-state index >= 15 is 0 Å². The van der Waals surface area contributed by atoms with Crippen molar-refractivity contribution in [3.05, 3.63) is 71.3 Å². The molecular weight excluding hydrogens is 391 g/mol. The Labute approximate surface area is 158 Å². The highest BCUT2D eigenvalue weighted by molar-refractivity contribution is 7.90. The van der Waals surface area contributed by atoms with Crippen LogP contribution in [0, 0.1) is 5.82 Å². The van der Waals surface area contributed by atoms with Crippen molar-refractivity contribution >= 4 is 37.5 Å². The maximum atomic E-state index is 13.1. The quantitative estimate of drug-likeness (QED) is 0.482. The van der Waals surface area contributed by atoms with E-state index in [0.717, 1.165) is 35.6 Å². The highest BCUT2D eigenvalue weighted by atomic mass is 32.2. The highest BCUT2D eigenvalue weighted by Crippen LogP contribution is 2.21. The van der Waals surface area contributed by atoms with E-state index in [1.165, 1.54) is 7.11 Å². The summed E-state index contributed by atoms with van der Waals surface area (Å²) in [6.45, 7) is 4.01. The van der Waals surface area contributed by atoms with E-state index in [1.54, 1.807) is 28.8 Å². The zero-order chi connectivity index (χ0) is 19.6. The van der Waals surface area contributed by atoms with Crippen molar-refractivity contribution in [3.8, 4) is 0 Å². The Morgan fingerprint density at radius 2 is 2.00 bits per heavy atom. The summed E-state index contributed by atoms with van der Waals surface area (Å²) in [5.74, 6) is -1.02. The van der Waals surface area contributed by atoms with E-state index in [1.807, 2.05) is 0 Å². The number of aromatic nitrogens is 1. The third kappa shape index (κ3) is 3.83. The Balaban J connectivity index is 2.21. The smallest absolute Gasteiger partial charge is 0.337 e. The van der Waals surface area contributed by atoms with Gasteiger partial charge < -0.3 is 9.30 Å². The first kappa shape index (κ1) is 19.0. The number of hydrogen-bond donors (Lipinski definition) is 0.